The van der Waals surface area contributed by atoms with Crippen LogP contribution in [0.1, 0.15) is 0 Å². The van der Waals surface area contributed by atoms with Crippen molar-refractivity contribution >= 4 is 38.3 Å². The standard InChI is InChI=1S/C12H16N4O2S/c1-18-5-4-14-11(17)7-15-12-16-9-3-2-8(13)6-10(9)19-12/h2-3,6H,4-5,7,13H2,1H3,(H,14,17)(H,15,16). The first-order chi connectivity index (χ1) is 9.19. The summed E-state index contributed by atoms with van der Waals surface area (Å²) in [4.78, 5) is 15.9. The minimum Gasteiger partial charge on any atom is -0.399 e. The van der Waals surface area contributed by atoms with Gasteiger partial charge in [0, 0.05) is 19.3 Å². The molecule has 0 aliphatic heterocycles. The Kier molecular flexibility index (Phi) is 4.53. The second-order valence-corrected chi connectivity index (χ2v) is 4.97. The summed E-state index contributed by atoms with van der Waals surface area (Å²) in [6.45, 7) is 1.21. The molecule has 0 aliphatic rings. The lowest BCUT2D eigenvalue weighted by molar-refractivity contribution is -0.119. The normalized spacial score (nSPS) is 10.6. The number of carbonyl (C=O) groups is 1. The van der Waals surface area contributed by atoms with Crippen molar-refractivity contribution in [2.24, 2.45) is 0 Å². The number of hydrogen-bond acceptors (Lipinski definition) is 6. The van der Waals surface area contributed by atoms with Gasteiger partial charge < -0.3 is 21.1 Å². The van der Waals surface area contributed by atoms with Crippen molar-refractivity contribution in [3.63, 3.8) is 0 Å². The van der Waals surface area contributed by atoms with Crippen LogP contribution < -0.4 is 16.4 Å². The molecule has 0 atom stereocenters. The summed E-state index contributed by atoms with van der Waals surface area (Å²) in [5.41, 5.74) is 7.29. The van der Waals surface area contributed by atoms with E-state index in [1.54, 1.807) is 7.11 Å². The number of nitrogen functional groups attached to an aromatic ring is 1. The van der Waals surface area contributed by atoms with Crippen molar-refractivity contribution in [1.29, 1.82) is 0 Å². The third kappa shape index (κ3) is 3.80. The Hall–Kier alpha value is -1.86. The van der Waals surface area contributed by atoms with Gasteiger partial charge in [0.2, 0.25) is 5.91 Å². The van der Waals surface area contributed by atoms with Crippen LogP contribution in [0.25, 0.3) is 10.2 Å². The van der Waals surface area contributed by atoms with Gasteiger partial charge in [-0.15, -0.1) is 0 Å². The number of benzene rings is 1. The summed E-state index contributed by atoms with van der Waals surface area (Å²) in [5, 5.41) is 6.43. The van der Waals surface area contributed by atoms with E-state index in [4.69, 9.17) is 10.5 Å². The predicted octanol–water partition coefficient (Wildman–Crippen LogP) is 1.05. The highest BCUT2D eigenvalue weighted by Crippen LogP contribution is 2.27. The van der Waals surface area contributed by atoms with Crippen molar-refractivity contribution in [3.05, 3.63) is 18.2 Å². The predicted molar refractivity (Wildman–Crippen MR) is 77.4 cm³/mol. The molecule has 0 bridgehead atoms. The van der Waals surface area contributed by atoms with Crippen LogP contribution in [-0.4, -0.2) is 37.7 Å². The van der Waals surface area contributed by atoms with Crippen molar-refractivity contribution < 1.29 is 9.53 Å². The van der Waals surface area contributed by atoms with Crippen molar-refractivity contribution in [2.75, 3.05) is 37.9 Å². The van der Waals surface area contributed by atoms with Crippen LogP contribution in [0.2, 0.25) is 0 Å². The first-order valence-corrected chi connectivity index (χ1v) is 6.66. The summed E-state index contributed by atoms with van der Waals surface area (Å²) >= 11 is 1.47. The fourth-order valence-electron chi connectivity index (χ4n) is 1.53. The summed E-state index contributed by atoms with van der Waals surface area (Å²) < 4.78 is 5.85. The molecule has 4 N–H and O–H groups in total. The van der Waals surface area contributed by atoms with Gasteiger partial charge >= 0.3 is 0 Å². The maximum Gasteiger partial charge on any atom is 0.239 e. The molecule has 7 heteroatoms. The third-order valence-electron chi connectivity index (χ3n) is 2.44. The molecule has 0 saturated carbocycles. The van der Waals surface area contributed by atoms with Gasteiger partial charge in [-0.2, -0.15) is 0 Å². The second-order valence-electron chi connectivity index (χ2n) is 3.94. The van der Waals surface area contributed by atoms with E-state index in [2.05, 4.69) is 15.6 Å². The van der Waals surface area contributed by atoms with Gasteiger partial charge in [-0.3, -0.25) is 4.79 Å². The average Bonchev–Trinajstić information content (AvgIpc) is 2.78. The number of anilines is 2. The molecule has 6 nitrogen and oxygen atoms in total. The zero-order chi connectivity index (χ0) is 13.7. The van der Waals surface area contributed by atoms with Gasteiger partial charge in [0.25, 0.3) is 0 Å². The van der Waals surface area contributed by atoms with E-state index in [0.29, 0.717) is 24.0 Å². The largest absolute Gasteiger partial charge is 0.399 e. The zero-order valence-corrected chi connectivity index (χ0v) is 11.4. The number of carbonyl (C=O) groups excluding carboxylic acids is 1. The van der Waals surface area contributed by atoms with Crippen LogP contribution in [0.5, 0.6) is 0 Å². The Labute approximate surface area is 115 Å². The number of nitrogens with one attached hydrogen (secondary N) is 2. The average molecular weight is 280 g/mol. The second kappa shape index (κ2) is 6.35. The van der Waals surface area contributed by atoms with Crippen LogP contribution in [0.3, 0.4) is 0 Å². The summed E-state index contributed by atoms with van der Waals surface area (Å²) in [7, 11) is 1.59. The van der Waals surface area contributed by atoms with E-state index >= 15 is 0 Å². The lowest BCUT2D eigenvalue weighted by Gasteiger charge is -2.04. The highest BCUT2D eigenvalue weighted by molar-refractivity contribution is 7.22. The topological polar surface area (TPSA) is 89.3 Å². The summed E-state index contributed by atoms with van der Waals surface area (Å²) in [6.07, 6.45) is 0. The van der Waals surface area contributed by atoms with Gasteiger partial charge in [0.1, 0.15) is 0 Å². The molecule has 0 unspecified atom stereocenters. The zero-order valence-electron chi connectivity index (χ0n) is 10.6. The van der Waals surface area contributed by atoms with Crippen LogP contribution >= 0.6 is 11.3 Å². The molecular formula is C12H16N4O2S. The Bertz CT molecular complexity index is 570. The molecule has 1 heterocycles. The number of nitrogens with two attached hydrogens (primary N) is 1. The number of methoxy groups -OCH3 is 1. The number of aromatic nitrogens is 1. The molecule has 2 aromatic rings. The number of thiazole rings is 1. The molecule has 0 fully saturated rings. The van der Waals surface area contributed by atoms with Gasteiger partial charge in [0.15, 0.2) is 5.13 Å². The van der Waals surface area contributed by atoms with Gasteiger partial charge in [0.05, 0.1) is 23.4 Å². The summed E-state index contributed by atoms with van der Waals surface area (Å²) in [6, 6.07) is 5.55. The van der Waals surface area contributed by atoms with E-state index in [-0.39, 0.29) is 12.5 Å². The van der Waals surface area contributed by atoms with Crippen LogP contribution in [0.15, 0.2) is 18.2 Å². The summed E-state index contributed by atoms with van der Waals surface area (Å²) in [5.74, 6) is -0.0872. The number of rotatable bonds is 6. The molecule has 0 spiro atoms. The molecule has 2 rings (SSSR count). The Balaban J connectivity index is 1.89. The molecule has 102 valence electrons. The smallest absolute Gasteiger partial charge is 0.239 e. The van der Waals surface area contributed by atoms with Gasteiger partial charge in [-0.1, -0.05) is 11.3 Å². The van der Waals surface area contributed by atoms with Crippen molar-refractivity contribution in [1.82, 2.24) is 10.3 Å². The quantitative estimate of drug-likeness (QED) is 0.543. The third-order valence-corrected chi connectivity index (χ3v) is 3.42. The molecule has 1 aromatic heterocycles. The molecular weight excluding hydrogens is 264 g/mol. The SMILES string of the molecule is COCCNC(=O)CNc1nc2ccc(N)cc2s1. The highest BCUT2D eigenvalue weighted by atomic mass is 32.1. The first-order valence-electron chi connectivity index (χ1n) is 5.84. The van der Waals surface area contributed by atoms with Crippen LogP contribution in [0.4, 0.5) is 10.8 Å². The van der Waals surface area contributed by atoms with E-state index in [9.17, 15) is 4.79 Å². The lowest BCUT2D eigenvalue weighted by Crippen LogP contribution is -2.32. The Morgan fingerprint density at radius 3 is 3.16 bits per heavy atom. The fourth-order valence-corrected chi connectivity index (χ4v) is 2.44. The Morgan fingerprint density at radius 1 is 1.53 bits per heavy atom. The monoisotopic (exact) mass is 280 g/mol. The van der Waals surface area contributed by atoms with Crippen LogP contribution in [0, 0.1) is 0 Å². The maximum absolute atomic E-state index is 11.5. The highest BCUT2D eigenvalue weighted by Gasteiger charge is 2.05. The van der Waals surface area contributed by atoms with Gasteiger partial charge in [-0.25, -0.2) is 4.98 Å². The fraction of sp³-hybridized carbons (Fsp3) is 0.333. The number of ether oxygens (including phenoxy) is 1. The van der Waals surface area contributed by atoms with Gasteiger partial charge in [-0.05, 0) is 18.2 Å². The minimum absolute atomic E-state index is 0.0872. The Morgan fingerprint density at radius 2 is 2.37 bits per heavy atom. The number of nitrogens with zero attached hydrogens (tertiary/aromatic N) is 1. The molecule has 1 amide bonds. The first kappa shape index (κ1) is 13.6. The van der Waals surface area contributed by atoms with Crippen molar-refractivity contribution in [3.8, 4) is 0 Å². The molecule has 0 radical (unpaired) electrons. The van der Waals surface area contributed by atoms with E-state index in [1.165, 1.54) is 11.3 Å². The minimum atomic E-state index is -0.0872. The maximum atomic E-state index is 11.5. The lowest BCUT2D eigenvalue weighted by atomic mass is 10.3. The molecule has 1 aromatic carbocycles. The number of hydrogen-bond donors (Lipinski definition) is 3. The number of amides is 1. The molecule has 0 aliphatic carbocycles. The molecule has 19 heavy (non-hydrogen) atoms. The van der Waals surface area contributed by atoms with Crippen LogP contribution in [-0.2, 0) is 9.53 Å². The number of fused-ring (bicyclic) bond motifs is 1. The van der Waals surface area contributed by atoms with Crippen molar-refractivity contribution in [2.45, 2.75) is 0 Å². The van der Waals surface area contributed by atoms with E-state index < -0.39 is 0 Å². The van der Waals surface area contributed by atoms with E-state index in [1.807, 2.05) is 18.2 Å². The molecule has 0 saturated heterocycles. The van der Waals surface area contributed by atoms with E-state index in [0.717, 1.165) is 10.2 Å².